The third kappa shape index (κ3) is 0.534. The van der Waals surface area contributed by atoms with Crippen LogP contribution >= 0.6 is 0 Å². The smallest absolute Gasteiger partial charge is 0.309 e. The highest BCUT2D eigenvalue weighted by Gasteiger charge is 2.60. The molecule has 3 aliphatic rings. The number of carbonyl (C=O) groups excluding carboxylic acids is 1. The Bertz CT molecular complexity index is 222. The Hall–Kier alpha value is -0.530. The summed E-state index contributed by atoms with van der Waals surface area (Å²) in [5.74, 6) is 2.36. The lowest BCUT2D eigenvalue weighted by molar-refractivity contribution is -0.143. The van der Waals surface area contributed by atoms with Gasteiger partial charge in [0.25, 0.3) is 0 Å². The molecule has 5 unspecified atom stereocenters. The Kier molecular flexibility index (Phi) is 0.890. The van der Waals surface area contributed by atoms with E-state index < -0.39 is 0 Å². The summed E-state index contributed by atoms with van der Waals surface area (Å²) in [4.78, 5) is 11.3. The number of rotatable bonds is 0. The fourth-order valence-electron chi connectivity index (χ4n) is 3.31. The van der Waals surface area contributed by atoms with Gasteiger partial charge in [0.1, 0.15) is 6.10 Å². The largest absolute Gasteiger partial charge is 0.462 e. The summed E-state index contributed by atoms with van der Waals surface area (Å²) in [5.41, 5.74) is 0. The molecule has 5 atom stereocenters. The monoisotopic (exact) mass is 152 g/mol. The van der Waals surface area contributed by atoms with Crippen molar-refractivity contribution in [2.45, 2.75) is 25.9 Å². The van der Waals surface area contributed by atoms with E-state index in [2.05, 4.69) is 6.92 Å². The molecule has 2 bridgehead atoms. The van der Waals surface area contributed by atoms with E-state index in [1.54, 1.807) is 0 Å². The quantitative estimate of drug-likeness (QED) is 0.487. The molecule has 3 rings (SSSR count). The topological polar surface area (TPSA) is 26.3 Å². The fourth-order valence-corrected chi connectivity index (χ4v) is 3.31. The molecule has 0 N–H and O–H groups in total. The number of carbonyl (C=O) groups is 1. The lowest BCUT2D eigenvalue weighted by Gasteiger charge is -2.19. The van der Waals surface area contributed by atoms with Crippen LogP contribution in [0, 0.1) is 23.7 Å². The van der Waals surface area contributed by atoms with E-state index in [9.17, 15) is 4.79 Å². The SMILES string of the molecule is CC1C2CC3OC(=O)C1C3C2. The van der Waals surface area contributed by atoms with Gasteiger partial charge in [-0.3, -0.25) is 4.79 Å². The first-order valence-electron chi connectivity index (χ1n) is 4.48. The van der Waals surface area contributed by atoms with Crippen LogP contribution < -0.4 is 0 Å². The van der Waals surface area contributed by atoms with Crippen molar-refractivity contribution < 1.29 is 9.53 Å². The van der Waals surface area contributed by atoms with Gasteiger partial charge in [-0.2, -0.15) is 0 Å². The molecule has 2 aliphatic carbocycles. The summed E-state index contributed by atoms with van der Waals surface area (Å²) < 4.78 is 5.27. The highest BCUT2D eigenvalue weighted by molar-refractivity contribution is 5.76. The van der Waals surface area contributed by atoms with Gasteiger partial charge in [-0.1, -0.05) is 6.92 Å². The number of ether oxygens (including phenoxy) is 1. The second-order valence-electron chi connectivity index (χ2n) is 4.26. The van der Waals surface area contributed by atoms with Gasteiger partial charge in [-0.15, -0.1) is 0 Å². The molecule has 3 fully saturated rings. The van der Waals surface area contributed by atoms with Gasteiger partial charge >= 0.3 is 5.97 Å². The van der Waals surface area contributed by atoms with Crippen molar-refractivity contribution in [1.82, 2.24) is 0 Å². The number of hydrogen-bond acceptors (Lipinski definition) is 2. The maximum absolute atomic E-state index is 11.3. The molecule has 1 aliphatic heterocycles. The summed E-state index contributed by atoms with van der Waals surface area (Å²) in [6.07, 6.45) is 2.71. The van der Waals surface area contributed by atoms with Crippen molar-refractivity contribution in [1.29, 1.82) is 0 Å². The van der Waals surface area contributed by atoms with Gasteiger partial charge in [0.2, 0.25) is 0 Å². The van der Waals surface area contributed by atoms with Crippen molar-refractivity contribution in [2.75, 3.05) is 0 Å². The molecule has 1 heterocycles. The Balaban J connectivity index is 2.05. The van der Waals surface area contributed by atoms with Crippen molar-refractivity contribution in [3.05, 3.63) is 0 Å². The minimum Gasteiger partial charge on any atom is -0.462 e. The molecule has 0 aromatic carbocycles. The van der Waals surface area contributed by atoms with Crippen LogP contribution in [0.1, 0.15) is 19.8 Å². The second-order valence-corrected chi connectivity index (χ2v) is 4.26. The minimum absolute atomic E-state index is 0.0903. The van der Waals surface area contributed by atoms with Crippen LogP contribution in [0.25, 0.3) is 0 Å². The summed E-state index contributed by atoms with van der Waals surface area (Å²) in [6.45, 7) is 2.21. The molecule has 2 saturated carbocycles. The number of hydrogen-bond donors (Lipinski definition) is 0. The molecule has 0 aromatic rings. The Morgan fingerprint density at radius 2 is 2.27 bits per heavy atom. The van der Waals surface area contributed by atoms with E-state index in [1.165, 1.54) is 6.42 Å². The highest BCUT2D eigenvalue weighted by atomic mass is 16.6. The van der Waals surface area contributed by atoms with Crippen LogP contribution in [0.5, 0.6) is 0 Å². The lowest BCUT2D eigenvalue weighted by atomic mass is 9.81. The van der Waals surface area contributed by atoms with E-state index >= 15 is 0 Å². The average Bonchev–Trinajstić information content (AvgIpc) is 2.47. The summed E-state index contributed by atoms with van der Waals surface area (Å²) >= 11 is 0. The molecule has 0 radical (unpaired) electrons. The predicted octanol–water partition coefficient (Wildman–Crippen LogP) is 1.20. The van der Waals surface area contributed by atoms with Crippen molar-refractivity contribution in [2.24, 2.45) is 23.7 Å². The Morgan fingerprint density at radius 3 is 2.91 bits per heavy atom. The zero-order valence-corrected chi connectivity index (χ0v) is 6.62. The van der Waals surface area contributed by atoms with E-state index in [1.807, 2.05) is 0 Å². The van der Waals surface area contributed by atoms with Crippen LogP contribution in [-0.4, -0.2) is 12.1 Å². The zero-order valence-electron chi connectivity index (χ0n) is 6.62. The molecule has 0 aromatic heterocycles. The molecule has 0 spiro atoms. The molecule has 11 heavy (non-hydrogen) atoms. The number of fused-ring (bicyclic) bond motifs is 1. The van der Waals surface area contributed by atoms with Gasteiger partial charge in [-0.25, -0.2) is 0 Å². The predicted molar refractivity (Wildman–Crippen MR) is 38.7 cm³/mol. The van der Waals surface area contributed by atoms with Crippen LogP contribution in [0.3, 0.4) is 0 Å². The van der Waals surface area contributed by atoms with Gasteiger partial charge in [0, 0.05) is 5.92 Å². The highest BCUT2D eigenvalue weighted by Crippen LogP contribution is 2.57. The average molecular weight is 152 g/mol. The Morgan fingerprint density at radius 1 is 1.45 bits per heavy atom. The zero-order chi connectivity index (χ0) is 7.59. The molecule has 60 valence electrons. The van der Waals surface area contributed by atoms with Crippen LogP contribution in [-0.2, 0) is 9.53 Å². The molecule has 2 nitrogen and oxygen atoms in total. The molecular weight excluding hydrogens is 140 g/mol. The van der Waals surface area contributed by atoms with Crippen LogP contribution in [0.4, 0.5) is 0 Å². The standard InChI is InChI=1S/C9H12O2/c1-4-5-2-6-7(3-5)11-9(10)8(4)6/h4-8H,2-3H2,1H3. The van der Waals surface area contributed by atoms with Gasteiger partial charge in [0.15, 0.2) is 0 Å². The fraction of sp³-hybridized carbons (Fsp3) is 0.889. The van der Waals surface area contributed by atoms with Gasteiger partial charge in [-0.05, 0) is 24.7 Å². The van der Waals surface area contributed by atoms with Crippen LogP contribution in [0.2, 0.25) is 0 Å². The van der Waals surface area contributed by atoms with Crippen molar-refractivity contribution in [3.8, 4) is 0 Å². The van der Waals surface area contributed by atoms with E-state index in [0.717, 1.165) is 12.3 Å². The maximum Gasteiger partial charge on any atom is 0.309 e. The van der Waals surface area contributed by atoms with Gasteiger partial charge < -0.3 is 4.74 Å². The summed E-state index contributed by atoms with van der Waals surface area (Å²) in [6, 6.07) is 0. The van der Waals surface area contributed by atoms with Crippen LogP contribution in [0.15, 0.2) is 0 Å². The van der Waals surface area contributed by atoms with Crippen molar-refractivity contribution >= 4 is 5.97 Å². The van der Waals surface area contributed by atoms with Gasteiger partial charge in [0.05, 0.1) is 5.92 Å². The number of esters is 1. The first-order chi connectivity index (χ1) is 5.27. The lowest BCUT2D eigenvalue weighted by Crippen LogP contribution is -2.23. The maximum atomic E-state index is 11.3. The molecular formula is C9H12O2. The summed E-state index contributed by atoms with van der Waals surface area (Å²) in [5, 5.41) is 0. The second kappa shape index (κ2) is 1.62. The first-order valence-corrected chi connectivity index (χ1v) is 4.48. The normalized spacial score (nSPS) is 58.6. The third-order valence-electron chi connectivity index (χ3n) is 3.90. The minimum atomic E-state index is 0.0903. The first kappa shape index (κ1) is 6.04. The van der Waals surface area contributed by atoms with Crippen molar-refractivity contribution in [3.63, 3.8) is 0 Å². The Labute approximate surface area is 65.9 Å². The molecule has 0 amide bonds. The van der Waals surface area contributed by atoms with E-state index in [4.69, 9.17) is 4.74 Å². The summed E-state index contributed by atoms with van der Waals surface area (Å²) in [7, 11) is 0. The van der Waals surface area contributed by atoms with E-state index in [-0.39, 0.29) is 11.9 Å². The molecule has 2 heteroatoms. The molecule has 1 saturated heterocycles. The van der Waals surface area contributed by atoms with E-state index in [0.29, 0.717) is 17.9 Å². The third-order valence-corrected chi connectivity index (χ3v) is 3.90.